The molecule has 10 rings (SSSR count). The van der Waals surface area contributed by atoms with Gasteiger partial charge in [0, 0.05) is 38.1 Å². The molecule has 1 aliphatic heterocycles. The Labute approximate surface area is 318 Å². The number of fused-ring (bicyclic) bond motifs is 3. The second-order valence-electron chi connectivity index (χ2n) is 13.4. The topological polar surface area (TPSA) is 51.6 Å². The molecule has 0 amide bonds. The van der Waals surface area contributed by atoms with E-state index in [1.54, 1.807) is 0 Å². The highest BCUT2D eigenvalue weighted by molar-refractivity contribution is 7.99. The Morgan fingerprint density at radius 3 is 1.41 bits per heavy atom. The highest BCUT2D eigenvalue weighted by Gasteiger charge is 2.44. The first kappa shape index (κ1) is 32.0. The molecule has 7 aromatic carbocycles. The van der Waals surface area contributed by atoms with E-state index in [4.69, 9.17) is 15.0 Å². The van der Waals surface area contributed by atoms with Crippen LogP contribution in [0.3, 0.4) is 0 Å². The maximum Gasteiger partial charge on any atom is 0.164 e. The first-order valence-electron chi connectivity index (χ1n) is 18.0. The summed E-state index contributed by atoms with van der Waals surface area (Å²) in [5, 5.41) is 1.15. The van der Waals surface area contributed by atoms with Crippen LogP contribution in [-0.2, 0) is 5.41 Å². The van der Waals surface area contributed by atoms with E-state index in [0.717, 1.165) is 33.2 Å². The fourth-order valence-corrected chi connectivity index (χ4v) is 9.04. The molecule has 9 aromatic rings. The Morgan fingerprint density at radius 2 is 0.852 bits per heavy atom. The third kappa shape index (κ3) is 5.40. The van der Waals surface area contributed by atoms with Gasteiger partial charge in [0.2, 0.25) is 0 Å². The molecule has 54 heavy (non-hydrogen) atoms. The molecule has 2 aromatic heterocycles. The Kier molecular flexibility index (Phi) is 7.93. The van der Waals surface area contributed by atoms with E-state index in [2.05, 4.69) is 126 Å². The van der Waals surface area contributed by atoms with Gasteiger partial charge in [-0.2, -0.15) is 0 Å². The van der Waals surface area contributed by atoms with Crippen molar-refractivity contribution in [3.05, 3.63) is 217 Å². The second kappa shape index (κ2) is 13.4. The number of benzene rings is 7. The average molecular weight is 709 g/mol. The average Bonchev–Trinajstić information content (AvgIpc) is 3.26. The lowest BCUT2D eigenvalue weighted by atomic mass is 9.64. The SMILES string of the molecule is c1ccc(-c2nc(-c3ccccc3)nc(-c3ccc(C4(c5ccc(-c6cccc7ncccc67)cc5)c5ccccc5Sc5ccccc54)cc3)n2)cc1. The summed E-state index contributed by atoms with van der Waals surface area (Å²) in [7, 11) is 0. The van der Waals surface area contributed by atoms with E-state index < -0.39 is 5.41 Å². The molecule has 0 atom stereocenters. The van der Waals surface area contributed by atoms with Gasteiger partial charge in [0.05, 0.1) is 10.9 Å². The van der Waals surface area contributed by atoms with Crippen LogP contribution in [-0.4, -0.2) is 19.9 Å². The molecule has 0 unspecified atom stereocenters. The quantitative estimate of drug-likeness (QED) is 0.172. The summed E-state index contributed by atoms with van der Waals surface area (Å²) in [5.41, 5.74) is 10.5. The first-order valence-corrected chi connectivity index (χ1v) is 18.9. The standard InChI is InChI=1S/C49H32N4S/c1-3-13-34(14-4-1)46-51-47(35-15-5-2-6-16-35)53-48(52-46)36-26-30-38(31-27-36)49(41-19-7-9-22-44(41)54-45-23-10-8-20-42(45)49)37-28-24-33(25-29-37)39-17-11-21-43-40(39)18-12-32-50-43/h1-32H. The summed E-state index contributed by atoms with van der Waals surface area (Å²) >= 11 is 1.84. The summed E-state index contributed by atoms with van der Waals surface area (Å²) in [5.74, 6) is 1.93. The van der Waals surface area contributed by atoms with Gasteiger partial charge in [0.25, 0.3) is 0 Å². The molecule has 0 saturated heterocycles. The molecule has 0 N–H and O–H groups in total. The fourth-order valence-electron chi connectivity index (χ4n) is 7.84. The summed E-state index contributed by atoms with van der Waals surface area (Å²) in [6.07, 6.45) is 1.85. The molecule has 0 spiro atoms. The number of rotatable bonds is 6. The molecule has 0 bridgehead atoms. The van der Waals surface area contributed by atoms with Crippen LogP contribution in [0.1, 0.15) is 22.3 Å². The summed E-state index contributed by atoms with van der Waals surface area (Å²) in [6.45, 7) is 0. The van der Waals surface area contributed by atoms with Crippen molar-refractivity contribution in [2.45, 2.75) is 15.2 Å². The van der Waals surface area contributed by atoms with Crippen LogP contribution in [0.25, 0.3) is 56.2 Å². The van der Waals surface area contributed by atoms with Gasteiger partial charge in [-0.05, 0) is 57.6 Å². The van der Waals surface area contributed by atoms with E-state index in [9.17, 15) is 0 Å². The maximum atomic E-state index is 5.02. The van der Waals surface area contributed by atoms with Gasteiger partial charge >= 0.3 is 0 Å². The zero-order chi connectivity index (χ0) is 35.9. The molecule has 5 heteroatoms. The van der Waals surface area contributed by atoms with E-state index in [1.807, 2.05) is 84.7 Å². The lowest BCUT2D eigenvalue weighted by molar-refractivity contribution is 0.703. The lowest BCUT2D eigenvalue weighted by Gasteiger charge is -2.42. The fraction of sp³-hybridized carbons (Fsp3) is 0.0204. The summed E-state index contributed by atoms with van der Waals surface area (Å²) in [6, 6.07) is 66.4. The van der Waals surface area contributed by atoms with Crippen LogP contribution in [0.2, 0.25) is 0 Å². The van der Waals surface area contributed by atoms with Gasteiger partial charge in [-0.25, -0.2) is 15.0 Å². The number of aromatic nitrogens is 4. The van der Waals surface area contributed by atoms with Gasteiger partial charge in [-0.1, -0.05) is 176 Å². The zero-order valence-electron chi connectivity index (χ0n) is 29.2. The lowest BCUT2D eigenvalue weighted by Crippen LogP contribution is -2.34. The molecule has 3 heterocycles. The monoisotopic (exact) mass is 708 g/mol. The van der Waals surface area contributed by atoms with Crippen LogP contribution >= 0.6 is 11.8 Å². The number of pyridine rings is 1. The van der Waals surface area contributed by atoms with Crippen LogP contribution in [0.5, 0.6) is 0 Å². The predicted molar refractivity (Wildman–Crippen MR) is 219 cm³/mol. The van der Waals surface area contributed by atoms with Crippen LogP contribution < -0.4 is 0 Å². The minimum Gasteiger partial charge on any atom is -0.256 e. The first-order chi connectivity index (χ1) is 26.8. The Balaban J connectivity index is 1.15. The molecule has 0 radical (unpaired) electrons. The smallest absolute Gasteiger partial charge is 0.164 e. The molecule has 1 aliphatic rings. The summed E-state index contributed by atoms with van der Waals surface area (Å²) in [4.78, 5) is 22.1. The Morgan fingerprint density at radius 1 is 0.370 bits per heavy atom. The van der Waals surface area contributed by atoms with Crippen molar-refractivity contribution in [2.24, 2.45) is 0 Å². The Bertz CT molecular complexity index is 2670. The summed E-state index contributed by atoms with van der Waals surface area (Å²) < 4.78 is 0. The van der Waals surface area contributed by atoms with Crippen molar-refractivity contribution in [3.8, 4) is 45.3 Å². The number of nitrogens with zero attached hydrogens (tertiary/aromatic N) is 4. The van der Waals surface area contributed by atoms with E-state index in [1.165, 1.54) is 37.6 Å². The molecular formula is C49H32N4S. The van der Waals surface area contributed by atoms with Crippen molar-refractivity contribution in [1.82, 2.24) is 19.9 Å². The van der Waals surface area contributed by atoms with Gasteiger partial charge in [0.1, 0.15) is 0 Å². The Hall–Kier alpha value is -6.69. The minimum atomic E-state index is -0.570. The molecule has 254 valence electrons. The van der Waals surface area contributed by atoms with Gasteiger partial charge in [0.15, 0.2) is 17.5 Å². The maximum absolute atomic E-state index is 5.02. The van der Waals surface area contributed by atoms with E-state index in [0.29, 0.717) is 17.5 Å². The third-order valence-electron chi connectivity index (χ3n) is 10.4. The van der Waals surface area contributed by atoms with E-state index in [-0.39, 0.29) is 0 Å². The third-order valence-corrected chi connectivity index (χ3v) is 11.5. The van der Waals surface area contributed by atoms with Crippen LogP contribution in [0.4, 0.5) is 0 Å². The van der Waals surface area contributed by atoms with Crippen LogP contribution in [0, 0.1) is 0 Å². The minimum absolute atomic E-state index is 0.570. The highest BCUT2D eigenvalue weighted by Crippen LogP contribution is 2.56. The van der Waals surface area contributed by atoms with Crippen molar-refractivity contribution in [1.29, 1.82) is 0 Å². The molecule has 4 nitrogen and oxygen atoms in total. The van der Waals surface area contributed by atoms with Gasteiger partial charge < -0.3 is 0 Å². The predicted octanol–water partition coefficient (Wildman–Crippen LogP) is 11.9. The molecule has 0 fully saturated rings. The van der Waals surface area contributed by atoms with Crippen molar-refractivity contribution in [3.63, 3.8) is 0 Å². The molecular weight excluding hydrogens is 677 g/mol. The number of hydrogen-bond donors (Lipinski definition) is 0. The molecule has 0 aliphatic carbocycles. The highest BCUT2D eigenvalue weighted by atomic mass is 32.2. The largest absolute Gasteiger partial charge is 0.256 e. The second-order valence-corrected chi connectivity index (χ2v) is 14.5. The van der Waals surface area contributed by atoms with Gasteiger partial charge in [-0.3, -0.25) is 4.98 Å². The van der Waals surface area contributed by atoms with Crippen molar-refractivity contribution >= 4 is 22.7 Å². The van der Waals surface area contributed by atoms with Crippen molar-refractivity contribution < 1.29 is 0 Å². The zero-order valence-corrected chi connectivity index (χ0v) is 30.0. The van der Waals surface area contributed by atoms with Crippen LogP contribution in [0.15, 0.2) is 204 Å². The number of hydrogen-bond acceptors (Lipinski definition) is 5. The normalized spacial score (nSPS) is 12.9. The molecule has 0 saturated carbocycles. The van der Waals surface area contributed by atoms with Gasteiger partial charge in [-0.15, -0.1) is 0 Å². The van der Waals surface area contributed by atoms with E-state index >= 15 is 0 Å². The van der Waals surface area contributed by atoms with Crippen molar-refractivity contribution in [2.75, 3.05) is 0 Å².